The van der Waals surface area contributed by atoms with E-state index in [2.05, 4.69) is 44.7 Å². The maximum absolute atomic E-state index is 5.92. The number of piperidine rings is 1. The molecule has 2 heteroatoms. The minimum absolute atomic E-state index is 0.603. The molecule has 0 aromatic heterocycles. The predicted octanol–water partition coefficient (Wildman–Crippen LogP) is 3.45. The van der Waals surface area contributed by atoms with Crippen molar-refractivity contribution in [3.05, 3.63) is 23.8 Å². The molecule has 2 N–H and O–H groups in total. The number of aryl methyl sites for hydroxylation is 1. The third-order valence-corrected chi connectivity index (χ3v) is 4.14. The Kier molecular flexibility index (Phi) is 3.32. The Bertz CT molecular complexity index is 400. The summed E-state index contributed by atoms with van der Waals surface area (Å²) in [6.07, 6.45) is 1.33. The molecule has 0 radical (unpaired) electrons. The number of hydrogen-bond donors (Lipinski definition) is 1. The standard InChI is InChI=1S/C15H24N2/c1-10-7-12(3)13(4)17(9-10)15-8-14(16)6-5-11(15)2/h5-6,8,10,12-13H,7,9,16H2,1-4H3. The number of anilines is 2. The SMILES string of the molecule is Cc1ccc(N)cc1N1CC(C)CC(C)C1C. The Morgan fingerprint density at radius 1 is 1.24 bits per heavy atom. The van der Waals surface area contributed by atoms with Crippen molar-refractivity contribution in [3.63, 3.8) is 0 Å². The summed E-state index contributed by atoms with van der Waals surface area (Å²) < 4.78 is 0. The van der Waals surface area contributed by atoms with Crippen LogP contribution in [-0.2, 0) is 0 Å². The summed E-state index contributed by atoms with van der Waals surface area (Å²) in [5, 5.41) is 0. The molecule has 17 heavy (non-hydrogen) atoms. The lowest BCUT2D eigenvalue weighted by Crippen LogP contribution is -2.46. The molecule has 3 unspecified atom stereocenters. The van der Waals surface area contributed by atoms with E-state index in [1.54, 1.807) is 0 Å². The van der Waals surface area contributed by atoms with Crippen LogP contribution in [0.25, 0.3) is 0 Å². The summed E-state index contributed by atoms with van der Waals surface area (Å²) in [6, 6.07) is 6.84. The third-order valence-electron chi connectivity index (χ3n) is 4.14. The second-order valence-electron chi connectivity index (χ2n) is 5.76. The summed E-state index contributed by atoms with van der Waals surface area (Å²) in [6.45, 7) is 10.4. The van der Waals surface area contributed by atoms with Gasteiger partial charge in [0.05, 0.1) is 0 Å². The molecule has 0 spiro atoms. The number of nitrogen functional groups attached to an aromatic ring is 1. The van der Waals surface area contributed by atoms with Gasteiger partial charge in [-0.25, -0.2) is 0 Å². The van der Waals surface area contributed by atoms with E-state index >= 15 is 0 Å². The highest BCUT2D eigenvalue weighted by Gasteiger charge is 2.29. The van der Waals surface area contributed by atoms with Crippen molar-refractivity contribution in [2.24, 2.45) is 11.8 Å². The average Bonchev–Trinajstić information content (AvgIpc) is 2.27. The Morgan fingerprint density at radius 2 is 1.94 bits per heavy atom. The lowest BCUT2D eigenvalue weighted by atomic mass is 9.85. The molecule has 1 saturated heterocycles. The van der Waals surface area contributed by atoms with Crippen molar-refractivity contribution in [1.29, 1.82) is 0 Å². The van der Waals surface area contributed by atoms with Crippen LogP contribution in [0.5, 0.6) is 0 Å². The zero-order valence-corrected chi connectivity index (χ0v) is 11.4. The first-order valence-corrected chi connectivity index (χ1v) is 6.61. The second-order valence-corrected chi connectivity index (χ2v) is 5.76. The topological polar surface area (TPSA) is 29.3 Å². The lowest BCUT2D eigenvalue weighted by molar-refractivity contribution is 0.297. The van der Waals surface area contributed by atoms with E-state index in [4.69, 9.17) is 5.73 Å². The van der Waals surface area contributed by atoms with Crippen molar-refractivity contribution in [3.8, 4) is 0 Å². The van der Waals surface area contributed by atoms with Gasteiger partial charge in [-0.15, -0.1) is 0 Å². The van der Waals surface area contributed by atoms with Crippen LogP contribution in [-0.4, -0.2) is 12.6 Å². The number of nitrogens with zero attached hydrogens (tertiary/aromatic N) is 1. The molecule has 1 aliphatic rings. The van der Waals surface area contributed by atoms with Crippen LogP contribution >= 0.6 is 0 Å². The molecule has 1 heterocycles. The molecule has 1 aliphatic heterocycles. The van der Waals surface area contributed by atoms with Gasteiger partial charge < -0.3 is 10.6 Å². The molecular weight excluding hydrogens is 208 g/mol. The molecule has 2 nitrogen and oxygen atoms in total. The molecule has 0 aliphatic carbocycles. The summed E-state index contributed by atoms with van der Waals surface area (Å²) in [5.74, 6) is 1.52. The number of hydrogen-bond acceptors (Lipinski definition) is 2. The third kappa shape index (κ3) is 2.41. The molecule has 1 aromatic carbocycles. The number of nitrogens with two attached hydrogens (primary N) is 1. The Morgan fingerprint density at radius 3 is 2.65 bits per heavy atom. The predicted molar refractivity (Wildman–Crippen MR) is 75.3 cm³/mol. The van der Waals surface area contributed by atoms with Crippen molar-refractivity contribution in [2.75, 3.05) is 17.2 Å². The fourth-order valence-electron chi connectivity index (χ4n) is 2.97. The largest absolute Gasteiger partial charge is 0.399 e. The first-order valence-electron chi connectivity index (χ1n) is 6.61. The minimum atomic E-state index is 0.603. The van der Waals surface area contributed by atoms with Crippen LogP contribution in [0.15, 0.2) is 18.2 Å². The summed E-state index contributed by atoms with van der Waals surface area (Å²) in [7, 11) is 0. The highest BCUT2D eigenvalue weighted by atomic mass is 15.2. The van der Waals surface area contributed by atoms with E-state index in [0.29, 0.717) is 6.04 Å². The van der Waals surface area contributed by atoms with Gasteiger partial charge in [-0.1, -0.05) is 19.9 Å². The van der Waals surface area contributed by atoms with Gasteiger partial charge in [0.2, 0.25) is 0 Å². The van der Waals surface area contributed by atoms with E-state index in [1.165, 1.54) is 17.7 Å². The van der Waals surface area contributed by atoms with Crippen molar-refractivity contribution in [2.45, 2.75) is 40.2 Å². The Labute approximate surface area is 105 Å². The molecule has 1 fully saturated rings. The van der Waals surface area contributed by atoms with Crippen molar-refractivity contribution in [1.82, 2.24) is 0 Å². The smallest absolute Gasteiger partial charge is 0.0419 e. The van der Waals surface area contributed by atoms with Crippen LogP contribution in [0.4, 0.5) is 11.4 Å². The van der Waals surface area contributed by atoms with Crippen LogP contribution in [0, 0.1) is 18.8 Å². The van der Waals surface area contributed by atoms with Gasteiger partial charge in [0.1, 0.15) is 0 Å². The Balaban J connectivity index is 2.34. The lowest BCUT2D eigenvalue weighted by Gasteiger charge is -2.43. The quantitative estimate of drug-likeness (QED) is 0.751. The van der Waals surface area contributed by atoms with Gasteiger partial charge in [0.15, 0.2) is 0 Å². The van der Waals surface area contributed by atoms with Crippen molar-refractivity contribution < 1.29 is 0 Å². The van der Waals surface area contributed by atoms with E-state index < -0.39 is 0 Å². The normalized spacial score (nSPS) is 29.4. The summed E-state index contributed by atoms with van der Waals surface area (Å²) in [5.41, 5.74) is 9.43. The molecular formula is C15H24N2. The highest BCUT2D eigenvalue weighted by molar-refractivity contribution is 5.61. The maximum Gasteiger partial charge on any atom is 0.0419 e. The van der Waals surface area contributed by atoms with Gasteiger partial charge in [-0.05, 0) is 49.8 Å². The average molecular weight is 232 g/mol. The van der Waals surface area contributed by atoms with Gasteiger partial charge in [0.25, 0.3) is 0 Å². The van der Waals surface area contributed by atoms with E-state index in [0.717, 1.165) is 24.1 Å². The summed E-state index contributed by atoms with van der Waals surface area (Å²) in [4.78, 5) is 2.53. The van der Waals surface area contributed by atoms with Gasteiger partial charge in [0, 0.05) is 24.0 Å². The van der Waals surface area contributed by atoms with Crippen LogP contribution in [0.2, 0.25) is 0 Å². The number of benzene rings is 1. The first-order chi connectivity index (χ1) is 7.99. The monoisotopic (exact) mass is 232 g/mol. The molecule has 0 bridgehead atoms. The van der Waals surface area contributed by atoms with E-state index in [-0.39, 0.29) is 0 Å². The van der Waals surface area contributed by atoms with E-state index in [1.807, 2.05) is 6.07 Å². The second kappa shape index (κ2) is 4.59. The maximum atomic E-state index is 5.92. The zero-order chi connectivity index (χ0) is 12.6. The zero-order valence-electron chi connectivity index (χ0n) is 11.4. The van der Waals surface area contributed by atoms with Crippen LogP contribution in [0.1, 0.15) is 32.8 Å². The summed E-state index contributed by atoms with van der Waals surface area (Å²) >= 11 is 0. The van der Waals surface area contributed by atoms with Gasteiger partial charge >= 0.3 is 0 Å². The minimum Gasteiger partial charge on any atom is -0.399 e. The van der Waals surface area contributed by atoms with Gasteiger partial charge in [-0.3, -0.25) is 0 Å². The molecule has 0 saturated carbocycles. The number of rotatable bonds is 1. The fourth-order valence-corrected chi connectivity index (χ4v) is 2.97. The van der Waals surface area contributed by atoms with Crippen molar-refractivity contribution >= 4 is 11.4 Å². The highest BCUT2D eigenvalue weighted by Crippen LogP contribution is 2.33. The van der Waals surface area contributed by atoms with Gasteiger partial charge in [-0.2, -0.15) is 0 Å². The van der Waals surface area contributed by atoms with E-state index in [9.17, 15) is 0 Å². The molecule has 94 valence electrons. The molecule has 0 amide bonds. The van der Waals surface area contributed by atoms with Crippen LogP contribution < -0.4 is 10.6 Å². The Hall–Kier alpha value is -1.18. The molecule has 1 aromatic rings. The fraction of sp³-hybridized carbons (Fsp3) is 0.600. The first kappa shape index (κ1) is 12.3. The molecule has 2 rings (SSSR count). The van der Waals surface area contributed by atoms with Crippen LogP contribution in [0.3, 0.4) is 0 Å². The molecule has 3 atom stereocenters.